The smallest absolute Gasteiger partial charge is 0.166 e. The average molecular weight is 310 g/mol. The third kappa shape index (κ3) is 2.07. The molecule has 0 nitrogen and oxygen atoms in total. The first-order valence-corrected chi connectivity index (χ1v) is 7.38. The Kier molecular flexibility index (Phi) is 2.89. The minimum atomic E-state index is -4.39. The summed E-state index contributed by atoms with van der Waals surface area (Å²) < 4.78 is 41.3. The van der Waals surface area contributed by atoms with Crippen molar-refractivity contribution < 1.29 is 13.2 Å². The predicted octanol–water partition coefficient (Wildman–Crippen LogP) is 6.47. The highest BCUT2D eigenvalue weighted by Crippen LogP contribution is 2.43. The molecule has 0 saturated carbocycles. The fraction of sp³-hybridized carbons (Fsp3) is 0.100. The molecule has 0 fully saturated rings. The molecule has 4 aromatic carbocycles. The second-order valence-electron chi connectivity index (χ2n) is 5.79. The van der Waals surface area contributed by atoms with Crippen LogP contribution >= 0.6 is 0 Å². The molecule has 0 amide bonds. The lowest BCUT2D eigenvalue weighted by Crippen LogP contribution is -2.07. The third-order valence-corrected chi connectivity index (χ3v) is 4.44. The Hall–Kier alpha value is -2.55. The van der Waals surface area contributed by atoms with E-state index in [2.05, 4.69) is 0 Å². The maximum absolute atomic E-state index is 13.8. The summed E-state index contributed by atoms with van der Waals surface area (Å²) in [5, 5.41) is 3.62. The molecule has 0 aliphatic rings. The molecule has 3 heteroatoms. The van der Waals surface area contributed by atoms with Crippen molar-refractivity contribution in [3.8, 4) is 0 Å². The Morgan fingerprint density at radius 1 is 0.652 bits per heavy atom. The first kappa shape index (κ1) is 14.1. The SMILES string of the molecule is Cc1c2ccccc2c(C(F)(F)F)c2cc3ccccc3cc12. The number of fused-ring (bicyclic) bond motifs is 3. The molecule has 4 aromatic rings. The lowest BCUT2D eigenvalue weighted by molar-refractivity contribution is -0.135. The van der Waals surface area contributed by atoms with Crippen LogP contribution in [0.5, 0.6) is 0 Å². The number of halogens is 3. The van der Waals surface area contributed by atoms with Crippen molar-refractivity contribution in [2.75, 3.05) is 0 Å². The van der Waals surface area contributed by atoms with Gasteiger partial charge in [-0.3, -0.25) is 0 Å². The second kappa shape index (κ2) is 4.72. The van der Waals surface area contributed by atoms with E-state index in [-0.39, 0.29) is 10.8 Å². The van der Waals surface area contributed by atoms with Crippen molar-refractivity contribution >= 4 is 32.3 Å². The molecule has 0 atom stereocenters. The molecule has 4 rings (SSSR count). The molecule has 0 aromatic heterocycles. The summed E-state index contributed by atoms with van der Waals surface area (Å²) in [6.45, 7) is 1.89. The van der Waals surface area contributed by atoms with Crippen LogP contribution < -0.4 is 0 Å². The van der Waals surface area contributed by atoms with Crippen LogP contribution in [0.25, 0.3) is 32.3 Å². The highest BCUT2D eigenvalue weighted by Gasteiger charge is 2.35. The molecule has 0 unspecified atom stereocenters. The van der Waals surface area contributed by atoms with E-state index in [1.165, 1.54) is 0 Å². The molecule has 114 valence electrons. The lowest BCUT2D eigenvalue weighted by atomic mass is 9.90. The van der Waals surface area contributed by atoms with E-state index in [4.69, 9.17) is 0 Å². The molecule has 0 aliphatic heterocycles. The van der Waals surface area contributed by atoms with Gasteiger partial charge in [0.1, 0.15) is 0 Å². The van der Waals surface area contributed by atoms with Crippen LogP contribution in [0.1, 0.15) is 11.1 Å². The van der Waals surface area contributed by atoms with Crippen LogP contribution in [0.4, 0.5) is 13.2 Å². The fourth-order valence-corrected chi connectivity index (χ4v) is 3.38. The fourth-order valence-electron chi connectivity index (χ4n) is 3.38. The van der Waals surface area contributed by atoms with Crippen LogP contribution in [0, 0.1) is 6.92 Å². The van der Waals surface area contributed by atoms with Crippen molar-refractivity contribution in [3.05, 3.63) is 71.8 Å². The maximum Gasteiger partial charge on any atom is 0.417 e. The topological polar surface area (TPSA) is 0 Å². The first-order chi connectivity index (χ1) is 11.0. The normalized spacial score (nSPS) is 12.3. The molecule has 0 saturated heterocycles. The van der Waals surface area contributed by atoms with E-state index in [0.29, 0.717) is 10.8 Å². The summed E-state index contributed by atoms with van der Waals surface area (Å²) in [5.41, 5.74) is 0.341. The molecule has 0 spiro atoms. The number of alkyl halides is 3. The predicted molar refractivity (Wildman–Crippen MR) is 88.7 cm³/mol. The van der Waals surface area contributed by atoms with E-state index in [1.807, 2.05) is 37.3 Å². The Labute approximate surface area is 131 Å². The van der Waals surface area contributed by atoms with Crippen LogP contribution in [0.2, 0.25) is 0 Å². The van der Waals surface area contributed by atoms with Crippen molar-refractivity contribution in [1.29, 1.82) is 0 Å². The van der Waals surface area contributed by atoms with Gasteiger partial charge >= 0.3 is 6.18 Å². The molecular weight excluding hydrogens is 297 g/mol. The second-order valence-corrected chi connectivity index (χ2v) is 5.79. The summed E-state index contributed by atoms with van der Waals surface area (Å²) in [5.74, 6) is 0. The zero-order valence-electron chi connectivity index (χ0n) is 12.4. The van der Waals surface area contributed by atoms with Gasteiger partial charge in [0, 0.05) is 0 Å². The number of hydrogen-bond donors (Lipinski definition) is 0. The minimum Gasteiger partial charge on any atom is -0.166 e. The molecule has 0 bridgehead atoms. The lowest BCUT2D eigenvalue weighted by Gasteiger charge is -2.17. The molecule has 23 heavy (non-hydrogen) atoms. The monoisotopic (exact) mass is 310 g/mol. The van der Waals surface area contributed by atoms with Gasteiger partial charge in [-0.25, -0.2) is 0 Å². The Balaban J connectivity index is 2.33. The number of hydrogen-bond acceptors (Lipinski definition) is 0. The number of rotatable bonds is 0. The molecule has 0 aliphatic carbocycles. The number of aryl methyl sites for hydroxylation is 1. The molecular formula is C20H13F3. The van der Waals surface area contributed by atoms with E-state index in [1.54, 1.807) is 30.3 Å². The van der Waals surface area contributed by atoms with Gasteiger partial charge in [0.05, 0.1) is 5.56 Å². The van der Waals surface area contributed by atoms with Gasteiger partial charge in [-0.2, -0.15) is 13.2 Å². The molecule has 0 radical (unpaired) electrons. The van der Waals surface area contributed by atoms with Crippen LogP contribution in [-0.4, -0.2) is 0 Å². The van der Waals surface area contributed by atoms with Gasteiger partial charge in [-0.1, -0.05) is 48.5 Å². The van der Waals surface area contributed by atoms with Gasteiger partial charge in [-0.15, -0.1) is 0 Å². The number of benzene rings is 4. The van der Waals surface area contributed by atoms with E-state index < -0.39 is 11.7 Å². The largest absolute Gasteiger partial charge is 0.417 e. The average Bonchev–Trinajstić information content (AvgIpc) is 2.52. The van der Waals surface area contributed by atoms with Crippen LogP contribution in [0.3, 0.4) is 0 Å². The van der Waals surface area contributed by atoms with Gasteiger partial charge in [0.2, 0.25) is 0 Å². The minimum absolute atomic E-state index is 0.264. The summed E-state index contributed by atoms with van der Waals surface area (Å²) in [4.78, 5) is 0. The maximum atomic E-state index is 13.8. The van der Waals surface area contributed by atoms with Crippen molar-refractivity contribution in [2.45, 2.75) is 13.1 Å². The molecule has 0 N–H and O–H groups in total. The van der Waals surface area contributed by atoms with Crippen molar-refractivity contribution in [2.24, 2.45) is 0 Å². The first-order valence-electron chi connectivity index (χ1n) is 7.38. The van der Waals surface area contributed by atoms with Crippen LogP contribution in [0.15, 0.2) is 60.7 Å². The highest BCUT2D eigenvalue weighted by atomic mass is 19.4. The Morgan fingerprint density at radius 3 is 1.78 bits per heavy atom. The van der Waals surface area contributed by atoms with E-state index in [0.717, 1.165) is 16.3 Å². The highest BCUT2D eigenvalue weighted by molar-refractivity contribution is 6.10. The quantitative estimate of drug-likeness (QED) is 0.326. The summed E-state index contributed by atoms with van der Waals surface area (Å²) in [7, 11) is 0. The van der Waals surface area contributed by atoms with Crippen molar-refractivity contribution in [1.82, 2.24) is 0 Å². The zero-order chi connectivity index (χ0) is 16.2. The Morgan fingerprint density at radius 2 is 1.17 bits per heavy atom. The zero-order valence-corrected chi connectivity index (χ0v) is 12.4. The Bertz CT molecular complexity index is 1060. The summed E-state index contributed by atoms with van der Waals surface area (Å²) in [6, 6.07) is 17.8. The van der Waals surface area contributed by atoms with Crippen LogP contribution in [-0.2, 0) is 6.18 Å². The van der Waals surface area contributed by atoms with Gasteiger partial charge in [0.25, 0.3) is 0 Å². The van der Waals surface area contributed by atoms with Crippen molar-refractivity contribution in [3.63, 3.8) is 0 Å². The molecule has 0 heterocycles. The summed E-state index contributed by atoms with van der Waals surface area (Å²) >= 11 is 0. The van der Waals surface area contributed by atoms with Gasteiger partial charge in [-0.05, 0) is 56.9 Å². The van der Waals surface area contributed by atoms with E-state index in [9.17, 15) is 13.2 Å². The van der Waals surface area contributed by atoms with Gasteiger partial charge in [0.15, 0.2) is 0 Å². The van der Waals surface area contributed by atoms with E-state index >= 15 is 0 Å². The summed E-state index contributed by atoms with van der Waals surface area (Å²) in [6.07, 6.45) is -4.39. The van der Waals surface area contributed by atoms with Gasteiger partial charge < -0.3 is 0 Å². The third-order valence-electron chi connectivity index (χ3n) is 4.44. The standard InChI is InChI=1S/C20H13F3/c1-12-15-8-4-5-9-16(15)19(20(21,22)23)18-11-14-7-3-2-6-13(14)10-17(12)18/h2-11H,1H3.